The van der Waals surface area contributed by atoms with E-state index < -0.39 is 0 Å². The third kappa shape index (κ3) is 2.97. The Labute approximate surface area is 140 Å². The van der Waals surface area contributed by atoms with E-state index in [-0.39, 0.29) is 0 Å². The van der Waals surface area contributed by atoms with Gasteiger partial charge in [-0.3, -0.25) is 0 Å². The lowest BCUT2D eigenvalue weighted by molar-refractivity contribution is -0.0763. The standard InChI is InChI=1S/C17H23BrClNO/c1-2-9-20-15-11-16(17(15)7-3-4-8-17)21-14-6-5-12(19)10-13(14)18/h5-6,10,15-16,20H,2-4,7-9,11H2,1H3. The van der Waals surface area contributed by atoms with Gasteiger partial charge in [-0.25, -0.2) is 0 Å². The first-order valence-corrected chi connectivity index (χ1v) is 9.18. The summed E-state index contributed by atoms with van der Waals surface area (Å²) in [5.41, 5.74) is 0.355. The molecule has 0 heterocycles. The lowest BCUT2D eigenvalue weighted by atomic mass is 9.60. The Kier molecular flexibility index (Phi) is 4.82. The molecule has 0 bridgehead atoms. The first-order valence-electron chi connectivity index (χ1n) is 8.01. The third-order valence-corrected chi connectivity index (χ3v) is 5.98. The predicted molar refractivity (Wildman–Crippen MR) is 91.2 cm³/mol. The molecule has 2 unspecified atom stereocenters. The minimum absolute atomic E-state index is 0.340. The van der Waals surface area contributed by atoms with E-state index in [1.54, 1.807) is 0 Å². The number of nitrogens with one attached hydrogen (secondary N) is 1. The van der Waals surface area contributed by atoms with Crippen LogP contribution in [0.1, 0.15) is 45.4 Å². The fourth-order valence-corrected chi connectivity index (χ4v) is 4.72. The Morgan fingerprint density at radius 3 is 2.81 bits per heavy atom. The van der Waals surface area contributed by atoms with Gasteiger partial charge in [-0.15, -0.1) is 0 Å². The van der Waals surface area contributed by atoms with Crippen molar-refractivity contribution in [3.63, 3.8) is 0 Å². The van der Waals surface area contributed by atoms with E-state index in [1.165, 1.54) is 32.1 Å². The lowest BCUT2D eigenvalue weighted by Gasteiger charge is -2.54. The highest BCUT2D eigenvalue weighted by Gasteiger charge is 2.57. The minimum Gasteiger partial charge on any atom is -0.489 e. The molecule has 116 valence electrons. The molecule has 3 rings (SSSR count). The normalized spacial score (nSPS) is 26.8. The summed E-state index contributed by atoms with van der Waals surface area (Å²) < 4.78 is 7.29. The molecule has 0 aliphatic heterocycles. The molecule has 1 aromatic carbocycles. The largest absolute Gasteiger partial charge is 0.489 e. The molecule has 0 aromatic heterocycles. The van der Waals surface area contributed by atoms with Gasteiger partial charge < -0.3 is 10.1 Å². The van der Waals surface area contributed by atoms with E-state index in [9.17, 15) is 0 Å². The van der Waals surface area contributed by atoms with Crippen molar-refractivity contribution in [1.29, 1.82) is 0 Å². The second kappa shape index (κ2) is 6.47. The molecule has 0 saturated heterocycles. The molecule has 1 spiro atoms. The molecule has 2 fully saturated rings. The summed E-state index contributed by atoms with van der Waals surface area (Å²) in [6.45, 7) is 3.34. The number of hydrogen-bond acceptors (Lipinski definition) is 2. The van der Waals surface area contributed by atoms with Gasteiger partial charge in [-0.1, -0.05) is 31.4 Å². The third-order valence-electron chi connectivity index (χ3n) is 5.12. The predicted octanol–water partition coefficient (Wildman–Crippen LogP) is 5.18. The second-order valence-electron chi connectivity index (χ2n) is 6.36. The fraction of sp³-hybridized carbons (Fsp3) is 0.647. The Hall–Kier alpha value is -0.250. The van der Waals surface area contributed by atoms with E-state index in [0.717, 1.165) is 28.2 Å². The van der Waals surface area contributed by atoms with E-state index in [2.05, 4.69) is 28.2 Å². The van der Waals surface area contributed by atoms with Gasteiger partial charge in [0.1, 0.15) is 11.9 Å². The van der Waals surface area contributed by atoms with Gasteiger partial charge in [0.05, 0.1) is 4.47 Å². The van der Waals surface area contributed by atoms with Crippen LogP contribution in [0.2, 0.25) is 5.02 Å². The summed E-state index contributed by atoms with van der Waals surface area (Å²) in [5.74, 6) is 0.921. The SMILES string of the molecule is CCCNC1CC(Oc2ccc(Cl)cc2Br)C12CCCC2. The molecule has 4 heteroatoms. The monoisotopic (exact) mass is 371 g/mol. The quantitative estimate of drug-likeness (QED) is 0.768. The van der Waals surface area contributed by atoms with Crippen LogP contribution in [0.15, 0.2) is 22.7 Å². The number of halogens is 2. The van der Waals surface area contributed by atoms with Gasteiger partial charge in [-0.05, 0) is 59.9 Å². The molecule has 2 aliphatic rings. The van der Waals surface area contributed by atoms with E-state index >= 15 is 0 Å². The van der Waals surface area contributed by atoms with Gasteiger partial charge in [0, 0.05) is 22.9 Å². The van der Waals surface area contributed by atoms with E-state index in [1.807, 2.05) is 18.2 Å². The van der Waals surface area contributed by atoms with Crippen molar-refractivity contribution < 1.29 is 4.74 Å². The minimum atomic E-state index is 0.340. The second-order valence-corrected chi connectivity index (χ2v) is 7.65. The zero-order valence-corrected chi connectivity index (χ0v) is 14.8. The maximum absolute atomic E-state index is 6.34. The molecule has 0 radical (unpaired) electrons. The molecule has 1 aromatic rings. The van der Waals surface area contributed by atoms with Crippen molar-refractivity contribution >= 4 is 27.5 Å². The smallest absolute Gasteiger partial charge is 0.134 e. The zero-order chi connectivity index (χ0) is 14.9. The maximum atomic E-state index is 6.34. The molecular weight excluding hydrogens is 350 g/mol. The van der Waals surface area contributed by atoms with Crippen molar-refractivity contribution in [2.75, 3.05) is 6.54 Å². The first kappa shape index (κ1) is 15.6. The van der Waals surface area contributed by atoms with Gasteiger partial charge in [0.2, 0.25) is 0 Å². The van der Waals surface area contributed by atoms with E-state index in [0.29, 0.717) is 17.6 Å². The highest BCUT2D eigenvalue weighted by atomic mass is 79.9. The van der Waals surface area contributed by atoms with Gasteiger partial charge in [0.15, 0.2) is 0 Å². The zero-order valence-electron chi connectivity index (χ0n) is 12.5. The van der Waals surface area contributed by atoms with Crippen LogP contribution in [-0.4, -0.2) is 18.7 Å². The summed E-state index contributed by atoms with van der Waals surface area (Å²) in [6.07, 6.45) is 7.93. The fourth-order valence-electron chi connectivity index (χ4n) is 3.95. The van der Waals surface area contributed by atoms with Crippen LogP contribution in [-0.2, 0) is 0 Å². The molecule has 1 N–H and O–H groups in total. The van der Waals surface area contributed by atoms with Gasteiger partial charge in [0.25, 0.3) is 0 Å². The molecule has 2 nitrogen and oxygen atoms in total. The summed E-state index contributed by atoms with van der Waals surface area (Å²) in [6, 6.07) is 6.41. The molecule has 2 atom stereocenters. The van der Waals surface area contributed by atoms with Gasteiger partial charge in [-0.2, -0.15) is 0 Å². The van der Waals surface area contributed by atoms with Crippen molar-refractivity contribution in [1.82, 2.24) is 5.32 Å². The lowest BCUT2D eigenvalue weighted by Crippen LogP contribution is -2.63. The van der Waals surface area contributed by atoms with E-state index in [4.69, 9.17) is 16.3 Å². The molecule has 0 amide bonds. The van der Waals surface area contributed by atoms with Crippen LogP contribution in [0.4, 0.5) is 0 Å². The molecule has 2 saturated carbocycles. The van der Waals surface area contributed by atoms with Crippen LogP contribution in [0.5, 0.6) is 5.75 Å². The average molecular weight is 373 g/mol. The van der Waals surface area contributed by atoms with Gasteiger partial charge >= 0.3 is 0 Å². The Morgan fingerprint density at radius 2 is 2.14 bits per heavy atom. The van der Waals surface area contributed by atoms with Crippen molar-refractivity contribution in [2.24, 2.45) is 5.41 Å². The summed E-state index contributed by atoms with van der Waals surface area (Å²) in [5, 5.41) is 4.47. The summed E-state index contributed by atoms with van der Waals surface area (Å²) in [7, 11) is 0. The topological polar surface area (TPSA) is 21.3 Å². The maximum Gasteiger partial charge on any atom is 0.134 e. The number of hydrogen-bond donors (Lipinski definition) is 1. The number of benzene rings is 1. The van der Waals surface area contributed by atoms with Crippen molar-refractivity contribution in [3.8, 4) is 5.75 Å². The van der Waals surface area contributed by atoms with Crippen molar-refractivity contribution in [2.45, 2.75) is 57.6 Å². The highest BCUT2D eigenvalue weighted by molar-refractivity contribution is 9.10. The summed E-state index contributed by atoms with van der Waals surface area (Å²) in [4.78, 5) is 0. The van der Waals surface area contributed by atoms with Crippen LogP contribution in [0.25, 0.3) is 0 Å². The molecular formula is C17H23BrClNO. The number of ether oxygens (including phenoxy) is 1. The van der Waals surface area contributed by atoms with Crippen LogP contribution < -0.4 is 10.1 Å². The average Bonchev–Trinajstić information content (AvgIpc) is 2.96. The Bertz CT molecular complexity index is 502. The van der Waals surface area contributed by atoms with Crippen molar-refractivity contribution in [3.05, 3.63) is 27.7 Å². The van der Waals surface area contributed by atoms with Crippen LogP contribution in [0.3, 0.4) is 0 Å². The first-order chi connectivity index (χ1) is 10.2. The Balaban J connectivity index is 1.71. The highest BCUT2D eigenvalue weighted by Crippen LogP contribution is 2.55. The van der Waals surface area contributed by atoms with Crippen LogP contribution in [0, 0.1) is 5.41 Å². The van der Waals surface area contributed by atoms with Crippen LogP contribution >= 0.6 is 27.5 Å². The molecule has 2 aliphatic carbocycles. The Morgan fingerprint density at radius 1 is 1.38 bits per heavy atom. The number of rotatable bonds is 5. The molecule has 21 heavy (non-hydrogen) atoms. The summed E-state index contributed by atoms with van der Waals surface area (Å²) >= 11 is 9.56.